The van der Waals surface area contributed by atoms with Crippen molar-refractivity contribution in [1.82, 2.24) is 4.90 Å². The maximum atomic E-state index is 12.2. The number of unbranched alkanes of at least 4 members (excludes halogenated alkanes) is 1. The van der Waals surface area contributed by atoms with Crippen molar-refractivity contribution in [3.05, 3.63) is 29.3 Å². The average molecular weight is 328 g/mol. The fourth-order valence-corrected chi connectivity index (χ4v) is 2.02. The molecular weight excluding hydrogens is 306 g/mol. The predicted molar refractivity (Wildman–Crippen MR) is 85.1 cm³/mol. The number of nitrogens with zero attached hydrogens (tertiary/aromatic N) is 1. The van der Waals surface area contributed by atoms with E-state index in [1.807, 2.05) is 6.92 Å². The third-order valence-electron chi connectivity index (χ3n) is 3.14. The van der Waals surface area contributed by atoms with Crippen LogP contribution in [0.25, 0.3) is 0 Å². The maximum absolute atomic E-state index is 12.2. The van der Waals surface area contributed by atoms with Gasteiger partial charge in [0.1, 0.15) is 5.75 Å². The van der Waals surface area contributed by atoms with Crippen molar-refractivity contribution in [3.63, 3.8) is 0 Å². The van der Waals surface area contributed by atoms with E-state index in [0.717, 1.165) is 12.8 Å². The molecule has 0 bridgehead atoms. The topological polar surface area (TPSA) is 55.8 Å². The van der Waals surface area contributed by atoms with Crippen LogP contribution in [0.2, 0.25) is 5.02 Å². The smallest absolute Gasteiger partial charge is 0.307 e. The van der Waals surface area contributed by atoms with Crippen molar-refractivity contribution in [2.75, 3.05) is 26.8 Å². The zero-order valence-electron chi connectivity index (χ0n) is 13.0. The molecule has 0 atom stereocenters. The van der Waals surface area contributed by atoms with E-state index in [-0.39, 0.29) is 24.9 Å². The standard InChI is InChI=1S/C16H22ClNO4/c1-3-4-10-18(11-9-16(20)21-2)15(19)12-22-14-8-6-5-7-13(14)17/h5-8H,3-4,9-12H2,1-2H3. The molecule has 6 heteroatoms. The number of hydrogen-bond acceptors (Lipinski definition) is 4. The summed E-state index contributed by atoms with van der Waals surface area (Å²) in [4.78, 5) is 25.1. The minimum atomic E-state index is -0.332. The fraction of sp³-hybridized carbons (Fsp3) is 0.500. The van der Waals surface area contributed by atoms with Gasteiger partial charge in [0.05, 0.1) is 18.6 Å². The number of rotatable bonds is 9. The van der Waals surface area contributed by atoms with E-state index in [0.29, 0.717) is 23.9 Å². The Hall–Kier alpha value is -1.75. The summed E-state index contributed by atoms with van der Waals surface area (Å²) in [5.74, 6) is -0.0282. The highest BCUT2D eigenvalue weighted by Gasteiger charge is 2.16. The van der Waals surface area contributed by atoms with Gasteiger partial charge in [-0.1, -0.05) is 37.1 Å². The molecule has 1 amide bonds. The molecule has 1 rings (SSSR count). The molecule has 0 aliphatic carbocycles. The molecule has 0 aliphatic heterocycles. The molecule has 0 aromatic heterocycles. The zero-order valence-corrected chi connectivity index (χ0v) is 13.8. The van der Waals surface area contributed by atoms with Crippen molar-refractivity contribution < 1.29 is 19.1 Å². The van der Waals surface area contributed by atoms with E-state index in [9.17, 15) is 9.59 Å². The van der Waals surface area contributed by atoms with Crippen LogP contribution >= 0.6 is 11.6 Å². The fourth-order valence-electron chi connectivity index (χ4n) is 1.83. The Balaban J connectivity index is 2.55. The first kappa shape index (κ1) is 18.3. The van der Waals surface area contributed by atoms with Crippen LogP contribution in [0.3, 0.4) is 0 Å². The maximum Gasteiger partial charge on any atom is 0.307 e. The highest BCUT2D eigenvalue weighted by molar-refractivity contribution is 6.32. The van der Waals surface area contributed by atoms with Gasteiger partial charge in [-0.2, -0.15) is 0 Å². The molecular formula is C16H22ClNO4. The van der Waals surface area contributed by atoms with E-state index in [4.69, 9.17) is 16.3 Å². The van der Waals surface area contributed by atoms with Crippen LogP contribution in [0.4, 0.5) is 0 Å². The number of para-hydroxylation sites is 1. The first-order chi connectivity index (χ1) is 10.6. The van der Waals surface area contributed by atoms with Crippen molar-refractivity contribution >= 4 is 23.5 Å². The van der Waals surface area contributed by atoms with Crippen LogP contribution in [0.5, 0.6) is 5.75 Å². The van der Waals surface area contributed by atoms with Gasteiger partial charge >= 0.3 is 5.97 Å². The van der Waals surface area contributed by atoms with Gasteiger partial charge in [0, 0.05) is 13.1 Å². The summed E-state index contributed by atoms with van der Waals surface area (Å²) >= 11 is 5.98. The van der Waals surface area contributed by atoms with E-state index >= 15 is 0 Å². The lowest BCUT2D eigenvalue weighted by atomic mass is 10.3. The molecule has 0 heterocycles. The van der Waals surface area contributed by atoms with Gasteiger partial charge in [-0.3, -0.25) is 9.59 Å². The van der Waals surface area contributed by atoms with E-state index in [1.165, 1.54) is 7.11 Å². The number of carbonyl (C=O) groups excluding carboxylic acids is 2. The highest BCUT2D eigenvalue weighted by Crippen LogP contribution is 2.23. The Kier molecular flexibility index (Phi) is 8.36. The molecule has 0 N–H and O–H groups in total. The number of carbonyl (C=O) groups is 2. The van der Waals surface area contributed by atoms with Crippen molar-refractivity contribution in [3.8, 4) is 5.75 Å². The molecule has 0 fully saturated rings. The van der Waals surface area contributed by atoms with Crippen molar-refractivity contribution in [1.29, 1.82) is 0 Å². The third-order valence-corrected chi connectivity index (χ3v) is 3.45. The minimum Gasteiger partial charge on any atom is -0.482 e. The molecule has 0 aliphatic rings. The van der Waals surface area contributed by atoms with Crippen LogP contribution in [-0.4, -0.2) is 43.6 Å². The second kappa shape index (κ2) is 10.1. The summed E-state index contributed by atoms with van der Waals surface area (Å²) in [6, 6.07) is 6.99. The minimum absolute atomic E-state index is 0.103. The number of hydrogen-bond donors (Lipinski definition) is 0. The molecule has 22 heavy (non-hydrogen) atoms. The van der Waals surface area contributed by atoms with Crippen LogP contribution in [0, 0.1) is 0 Å². The molecule has 0 unspecified atom stereocenters. The Morgan fingerprint density at radius 2 is 1.95 bits per heavy atom. The van der Waals surface area contributed by atoms with E-state index in [1.54, 1.807) is 29.2 Å². The number of ether oxygens (including phenoxy) is 2. The largest absolute Gasteiger partial charge is 0.482 e. The van der Waals surface area contributed by atoms with Crippen LogP contribution in [-0.2, 0) is 14.3 Å². The van der Waals surface area contributed by atoms with Crippen LogP contribution in [0.1, 0.15) is 26.2 Å². The van der Waals surface area contributed by atoms with Gasteiger partial charge in [-0.25, -0.2) is 0 Å². The summed E-state index contributed by atoms with van der Waals surface area (Å²) in [5.41, 5.74) is 0. The van der Waals surface area contributed by atoms with Gasteiger partial charge < -0.3 is 14.4 Å². The molecule has 0 spiro atoms. The quantitative estimate of drug-likeness (QED) is 0.654. The predicted octanol–water partition coefficient (Wildman–Crippen LogP) is 2.91. The summed E-state index contributed by atoms with van der Waals surface area (Å²) in [6.45, 7) is 2.87. The second-order valence-electron chi connectivity index (χ2n) is 4.78. The SMILES string of the molecule is CCCCN(CCC(=O)OC)C(=O)COc1ccccc1Cl. The van der Waals surface area contributed by atoms with Gasteiger partial charge in [0.15, 0.2) is 6.61 Å². The summed E-state index contributed by atoms with van der Waals surface area (Å²) in [6.07, 6.45) is 2.02. The van der Waals surface area contributed by atoms with Gasteiger partial charge in [0.2, 0.25) is 0 Å². The average Bonchev–Trinajstić information content (AvgIpc) is 2.53. The van der Waals surface area contributed by atoms with E-state index < -0.39 is 0 Å². The van der Waals surface area contributed by atoms with Crippen molar-refractivity contribution in [2.45, 2.75) is 26.2 Å². The number of methoxy groups -OCH3 is 1. The first-order valence-electron chi connectivity index (χ1n) is 7.30. The Labute approximate surface area is 136 Å². The van der Waals surface area contributed by atoms with Crippen molar-refractivity contribution in [2.24, 2.45) is 0 Å². The molecule has 122 valence electrons. The second-order valence-corrected chi connectivity index (χ2v) is 5.19. The lowest BCUT2D eigenvalue weighted by Crippen LogP contribution is -2.37. The summed E-state index contributed by atoms with van der Waals surface area (Å²) in [7, 11) is 1.33. The summed E-state index contributed by atoms with van der Waals surface area (Å²) < 4.78 is 10.1. The molecule has 5 nitrogen and oxygen atoms in total. The first-order valence-corrected chi connectivity index (χ1v) is 7.68. The molecule has 0 saturated heterocycles. The lowest BCUT2D eigenvalue weighted by molar-refractivity contribution is -0.142. The van der Waals surface area contributed by atoms with Gasteiger partial charge in [0.25, 0.3) is 5.91 Å². The highest BCUT2D eigenvalue weighted by atomic mass is 35.5. The molecule has 0 saturated carbocycles. The van der Waals surface area contributed by atoms with Gasteiger partial charge in [-0.15, -0.1) is 0 Å². The summed E-state index contributed by atoms with van der Waals surface area (Å²) in [5, 5.41) is 0.463. The molecule has 1 aromatic rings. The lowest BCUT2D eigenvalue weighted by Gasteiger charge is -2.22. The molecule has 1 aromatic carbocycles. The number of benzene rings is 1. The zero-order chi connectivity index (χ0) is 16.4. The number of halogens is 1. The third kappa shape index (κ3) is 6.35. The van der Waals surface area contributed by atoms with Crippen LogP contribution in [0.15, 0.2) is 24.3 Å². The van der Waals surface area contributed by atoms with E-state index in [2.05, 4.69) is 4.74 Å². The van der Waals surface area contributed by atoms with Crippen LogP contribution < -0.4 is 4.74 Å². The normalized spacial score (nSPS) is 10.1. The number of esters is 1. The number of amides is 1. The monoisotopic (exact) mass is 327 g/mol. The Bertz CT molecular complexity index is 493. The Morgan fingerprint density at radius 3 is 2.59 bits per heavy atom. The Morgan fingerprint density at radius 1 is 1.23 bits per heavy atom. The van der Waals surface area contributed by atoms with Gasteiger partial charge in [-0.05, 0) is 18.6 Å². The molecule has 0 radical (unpaired) electrons.